The highest BCUT2D eigenvalue weighted by Crippen LogP contribution is 2.19. The van der Waals surface area contributed by atoms with Crippen LogP contribution in [0.1, 0.15) is 6.42 Å². The molecule has 1 saturated heterocycles. The Morgan fingerprint density at radius 2 is 2.33 bits per heavy atom. The third-order valence-corrected chi connectivity index (χ3v) is 2.56. The van der Waals surface area contributed by atoms with E-state index in [1.165, 1.54) is 18.2 Å². The zero-order valence-electron chi connectivity index (χ0n) is 7.89. The van der Waals surface area contributed by atoms with Gasteiger partial charge >= 0.3 is 0 Å². The van der Waals surface area contributed by atoms with Crippen LogP contribution < -0.4 is 10.6 Å². The van der Waals surface area contributed by atoms with Crippen LogP contribution in [0.15, 0.2) is 18.2 Å². The minimum absolute atomic E-state index is 0.165. The molecule has 1 fully saturated rings. The third-order valence-electron chi connectivity index (χ3n) is 2.33. The maximum atomic E-state index is 13.3. The predicted octanol–water partition coefficient (Wildman–Crippen LogP) is 1.78. The Hall–Kier alpha value is -1.13. The van der Waals surface area contributed by atoms with Crippen molar-refractivity contribution in [2.24, 2.45) is 0 Å². The van der Waals surface area contributed by atoms with E-state index in [1.807, 2.05) is 0 Å². The number of anilines is 1. The number of nitrogens with one attached hydrogen (secondary N) is 2. The summed E-state index contributed by atoms with van der Waals surface area (Å²) in [4.78, 5) is 11.5. The van der Waals surface area contributed by atoms with E-state index in [0.717, 1.165) is 13.0 Å². The summed E-state index contributed by atoms with van der Waals surface area (Å²) < 4.78 is 13.3. The molecule has 0 unspecified atom stereocenters. The van der Waals surface area contributed by atoms with Crippen LogP contribution in [0.2, 0.25) is 5.02 Å². The van der Waals surface area contributed by atoms with Gasteiger partial charge in [-0.25, -0.2) is 4.39 Å². The quantitative estimate of drug-likeness (QED) is 0.810. The monoisotopic (exact) mass is 228 g/mol. The Morgan fingerprint density at radius 3 is 2.87 bits per heavy atom. The second kappa shape index (κ2) is 4.16. The second-order valence-electron chi connectivity index (χ2n) is 3.41. The highest BCUT2D eigenvalue weighted by molar-refractivity contribution is 6.30. The average molecular weight is 229 g/mol. The summed E-state index contributed by atoms with van der Waals surface area (Å²) in [6.07, 6.45) is 0.793. The van der Waals surface area contributed by atoms with Gasteiger partial charge in [-0.15, -0.1) is 0 Å². The van der Waals surface area contributed by atoms with Crippen LogP contribution >= 0.6 is 11.6 Å². The van der Waals surface area contributed by atoms with Crippen molar-refractivity contribution in [1.82, 2.24) is 5.32 Å². The molecule has 2 rings (SSSR count). The molecule has 1 atom stereocenters. The van der Waals surface area contributed by atoms with Gasteiger partial charge < -0.3 is 10.6 Å². The molecule has 0 bridgehead atoms. The fourth-order valence-electron chi connectivity index (χ4n) is 1.32. The van der Waals surface area contributed by atoms with Crippen molar-refractivity contribution in [3.05, 3.63) is 29.0 Å². The molecule has 0 aliphatic carbocycles. The molecule has 0 spiro atoms. The SMILES string of the molecule is O=C(Nc1ccc(Cl)cc1F)[C@H]1CCN1. The molecular formula is C10H10ClFN2O. The molecule has 0 saturated carbocycles. The van der Waals surface area contributed by atoms with Gasteiger partial charge in [-0.05, 0) is 31.2 Å². The van der Waals surface area contributed by atoms with Gasteiger partial charge in [-0.1, -0.05) is 11.6 Å². The molecule has 15 heavy (non-hydrogen) atoms. The second-order valence-corrected chi connectivity index (χ2v) is 3.85. The van der Waals surface area contributed by atoms with Crippen molar-refractivity contribution in [2.75, 3.05) is 11.9 Å². The van der Waals surface area contributed by atoms with Gasteiger partial charge in [0.1, 0.15) is 5.82 Å². The Labute approximate surface area is 91.6 Å². The van der Waals surface area contributed by atoms with Gasteiger partial charge in [-0.3, -0.25) is 4.79 Å². The van der Waals surface area contributed by atoms with E-state index in [4.69, 9.17) is 11.6 Å². The summed E-state index contributed by atoms with van der Waals surface area (Å²) in [5.74, 6) is -0.724. The Bertz CT molecular complexity index is 393. The van der Waals surface area contributed by atoms with E-state index in [1.54, 1.807) is 0 Å². The molecule has 1 aliphatic rings. The molecule has 1 aliphatic heterocycles. The molecule has 5 heteroatoms. The van der Waals surface area contributed by atoms with Crippen LogP contribution in [0.25, 0.3) is 0 Å². The summed E-state index contributed by atoms with van der Waals surface area (Å²) in [5.41, 5.74) is 0.165. The normalized spacial score (nSPS) is 19.5. The lowest BCUT2D eigenvalue weighted by atomic mass is 10.1. The number of halogens is 2. The number of carbonyl (C=O) groups is 1. The van der Waals surface area contributed by atoms with Crippen LogP contribution in [0.3, 0.4) is 0 Å². The lowest BCUT2D eigenvalue weighted by Gasteiger charge is -2.26. The van der Waals surface area contributed by atoms with Crippen LogP contribution in [0, 0.1) is 5.82 Å². The first-order valence-corrected chi connectivity index (χ1v) is 5.04. The Kier molecular flexibility index (Phi) is 2.88. The lowest BCUT2D eigenvalue weighted by Crippen LogP contribution is -2.50. The van der Waals surface area contributed by atoms with E-state index in [2.05, 4.69) is 10.6 Å². The first-order chi connectivity index (χ1) is 7.16. The van der Waals surface area contributed by atoms with Crippen molar-refractivity contribution in [2.45, 2.75) is 12.5 Å². The molecule has 80 valence electrons. The fourth-order valence-corrected chi connectivity index (χ4v) is 1.48. The van der Waals surface area contributed by atoms with Gasteiger partial charge in [0, 0.05) is 5.02 Å². The number of carbonyl (C=O) groups excluding carboxylic acids is 1. The van der Waals surface area contributed by atoms with E-state index in [-0.39, 0.29) is 17.6 Å². The summed E-state index contributed by atoms with van der Waals surface area (Å²) in [6.45, 7) is 0.835. The van der Waals surface area contributed by atoms with Crippen molar-refractivity contribution < 1.29 is 9.18 Å². The standard InChI is InChI=1S/C10H10ClFN2O/c11-6-1-2-8(7(12)5-6)14-10(15)9-3-4-13-9/h1-2,5,9,13H,3-4H2,(H,14,15)/t9-/m1/s1. The van der Waals surface area contributed by atoms with Crippen LogP contribution in [-0.2, 0) is 4.79 Å². The maximum absolute atomic E-state index is 13.3. The van der Waals surface area contributed by atoms with Crippen LogP contribution in [0.4, 0.5) is 10.1 Å². The highest BCUT2D eigenvalue weighted by atomic mass is 35.5. The Balaban J connectivity index is 2.06. The van der Waals surface area contributed by atoms with Gasteiger partial charge in [0.2, 0.25) is 5.91 Å². The number of hydrogen-bond donors (Lipinski definition) is 2. The molecule has 0 radical (unpaired) electrons. The predicted molar refractivity (Wildman–Crippen MR) is 56.4 cm³/mol. The number of hydrogen-bond acceptors (Lipinski definition) is 2. The smallest absolute Gasteiger partial charge is 0.241 e. The van der Waals surface area contributed by atoms with Gasteiger partial charge in [0.05, 0.1) is 11.7 Å². The minimum atomic E-state index is -0.518. The number of rotatable bonds is 2. The van der Waals surface area contributed by atoms with Crippen molar-refractivity contribution in [3.63, 3.8) is 0 Å². The van der Waals surface area contributed by atoms with Crippen LogP contribution in [0.5, 0.6) is 0 Å². The molecular weight excluding hydrogens is 219 g/mol. The fraction of sp³-hybridized carbons (Fsp3) is 0.300. The maximum Gasteiger partial charge on any atom is 0.241 e. The van der Waals surface area contributed by atoms with Gasteiger partial charge in [0.25, 0.3) is 0 Å². The molecule has 3 nitrogen and oxygen atoms in total. The topological polar surface area (TPSA) is 41.1 Å². The summed E-state index contributed by atoms with van der Waals surface area (Å²) in [6, 6.07) is 3.97. The largest absolute Gasteiger partial charge is 0.322 e. The molecule has 0 aromatic heterocycles. The van der Waals surface area contributed by atoms with Gasteiger partial charge in [0.15, 0.2) is 0 Å². The Morgan fingerprint density at radius 1 is 1.60 bits per heavy atom. The lowest BCUT2D eigenvalue weighted by molar-refractivity contribution is -0.119. The molecule has 1 heterocycles. The van der Waals surface area contributed by atoms with Crippen molar-refractivity contribution in [3.8, 4) is 0 Å². The van der Waals surface area contributed by atoms with Crippen molar-refractivity contribution >= 4 is 23.2 Å². The molecule has 1 amide bonds. The summed E-state index contributed by atoms with van der Waals surface area (Å²) in [5, 5.41) is 5.75. The average Bonchev–Trinajstić information content (AvgIpc) is 2.07. The number of benzene rings is 1. The van der Waals surface area contributed by atoms with Crippen LogP contribution in [-0.4, -0.2) is 18.5 Å². The van der Waals surface area contributed by atoms with Crippen molar-refractivity contribution in [1.29, 1.82) is 0 Å². The van der Waals surface area contributed by atoms with E-state index < -0.39 is 5.82 Å². The van der Waals surface area contributed by atoms with E-state index in [9.17, 15) is 9.18 Å². The summed E-state index contributed by atoms with van der Waals surface area (Å²) in [7, 11) is 0. The third kappa shape index (κ3) is 2.27. The van der Waals surface area contributed by atoms with E-state index >= 15 is 0 Å². The molecule has 1 aromatic rings. The zero-order chi connectivity index (χ0) is 10.8. The first-order valence-electron chi connectivity index (χ1n) is 4.66. The van der Waals surface area contributed by atoms with Gasteiger partial charge in [-0.2, -0.15) is 0 Å². The first kappa shape index (κ1) is 10.4. The van der Waals surface area contributed by atoms with E-state index in [0.29, 0.717) is 5.02 Å². The minimum Gasteiger partial charge on any atom is -0.322 e. The highest BCUT2D eigenvalue weighted by Gasteiger charge is 2.24. The molecule has 1 aromatic carbocycles. The summed E-state index contributed by atoms with van der Waals surface area (Å²) >= 11 is 5.59. The zero-order valence-corrected chi connectivity index (χ0v) is 8.64. The number of amides is 1. The molecule has 2 N–H and O–H groups in total.